The first-order valence-electron chi connectivity index (χ1n) is 9.13. The highest BCUT2D eigenvalue weighted by molar-refractivity contribution is 4.90. The third-order valence-corrected chi connectivity index (χ3v) is 5.67. The lowest BCUT2D eigenvalue weighted by Crippen LogP contribution is -2.49. The molecule has 0 bridgehead atoms. The van der Waals surface area contributed by atoms with E-state index in [2.05, 4.69) is 31.0 Å². The number of nitrogens with zero attached hydrogens (tertiary/aromatic N) is 1. The monoisotopic (exact) mass is 280 g/mol. The SMILES string of the molecule is CCCC(CNC(C)C)N1CCC2(CCCCC2)CC1. The van der Waals surface area contributed by atoms with E-state index in [9.17, 15) is 0 Å². The zero-order chi connectivity index (χ0) is 14.4. The molecular formula is C18H36N2. The lowest BCUT2D eigenvalue weighted by atomic mass is 9.68. The Bertz CT molecular complexity index is 259. The van der Waals surface area contributed by atoms with E-state index in [1.165, 1.54) is 77.4 Å². The van der Waals surface area contributed by atoms with Gasteiger partial charge in [-0.05, 0) is 50.6 Å². The van der Waals surface area contributed by atoms with Crippen molar-refractivity contribution >= 4 is 0 Å². The molecule has 0 radical (unpaired) electrons. The largest absolute Gasteiger partial charge is 0.313 e. The molecule has 2 aliphatic rings. The summed E-state index contributed by atoms with van der Waals surface area (Å²) >= 11 is 0. The van der Waals surface area contributed by atoms with Crippen LogP contribution in [0.3, 0.4) is 0 Å². The first-order chi connectivity index (χ1) is 9.65. The van der Waals surface area contributed by atoms with Gasteiger partial charge in [0.25, 0.3) is 0 Å². The van der Waals surface area contributed by atoms with Crippen molar-refractivity contribution in [2.75, 3.05) is 19.6 Å². The molecule has 0 aromatic rings. The van der Waals surface area contributed by atoms with E-state index in [1.807, 2.05) is 0 Å². The smallest absolute Gasteiger partial charge is 0.0220 e. The molecule has 0 amide bonds. The summed E-state index contributed by atoms with van der Waals surface area (Å²) in [5, 5.41) is 3.66. The summed E-state index contributed by atoms with van der Waals surface area (Å²) < 4.78 is 0. The zero-order valence-corrected chi connectivity index (χ0v) is 14.1. The van der Waals surface area contributed by atoms with E-state index in [0.29, 0.717) is 6.04 Å². The van der Waals surface area contributed by atoms with Crippen LogP contribution in [0.5, 0.6) is 0 Å². The molecule has 1 unspecified atom stereocenters. The van der Waals surface area contributed by atoms with Gasteiger partial charge in [0.1, 0.15) is 0 Å². The summed E-state index contributed by atoms with van der Waals surface area (Å²) in [6, 6.07) is 1.38. The van der Waals surface area contributed by atoms with E-state index in [-0.39, 0.29) is 0 Å². The predicted molar refractivity (Wildman–Crippen MR) is 88.2 cm³/mol. The van der Waals surface area contributed by atoms with Crippen molar-refractivity contribution in [1.82, 2.24) is 10.2 Å². The molecule has 0 aromatic heterocycles. The number of hydrogen-bond acceptors (Lipinski definition) is 2. The van der Waals surface area contributed by atoms with Gasteiger partial charge in [-0.2, -0.15) is 0 Å². The summed E-state index contributed by atoms with van der Waals surface area (Å²) in [5.74, 6) is 0. The first kappa shape index (κ1) is 16.3. The van der Waals surface area contributed by atoms with Crippen molar-refractivity contribution in [2.45, 2.75) is 90.6 Å². The molecule has 1 aliphatic heterocycles. The number of piperidine rings is 1. The van der Waals surface area contributed by atoms with E-state index < -0.39 is 0 Å². The molecular weight excluding hydrogens is 244 g/mol. The number of likely N-dealkylation sites (tertiary alicyclic amines) is 1. The summed E-state index contributed by atoms with van der Waals surface area (Å²) in [7, 11) is 0. The molecule has 1 N–H and O–H groups in total. The predicted octanol–water partition coefficient (Wildman–Crippen LogP) is 4.20. The van der Waals surface area contributed by atoms with Crippen molar-refractivity contribution in [2.24, 2.45) is 5.41 Å². The lowest BCUT2D eigenvalue weighted by Gasteiger charge is -2.46. The van der Waals surface area contributed by atoms with Crippen LogP contribution in [-0.4, -0.2) is 36.6 Å². The highest BCUT2D eigenvalue weighted by Crippen LogP contribution is 2.44. The summed E-state index contributed by atoms with van der Waals surface area (Å²) in [4.78, 5) is 2.79. The summed E-state index contributed by atoms with van der Waals surface area (Å²) in [6.45, 7) is 10.7. The van der Waals surface area contributed by atoms with E-state index >= 15 is 0 Å². The van der Waals surface area contributed by atoms with Gasteiger partial charge in [0.15, 0.2) is 0 Å². The van der Waals surface area contributed by atoms with Crippen LogP contribution >= 0.6 is 0 Å². The van der Waals surface area contributed by atoms with Crippen LogP contribution in [0.1, 0.15) is 78.6 Å². The van der Waals surface area contributed by atoms with Crippen molar-refractivity contribution in [3.8, 4) is 0 Å². The van der Waals surface area contributed by atoms with Crippen LogP contribution < -0.4 is 5.32 Å². The van der Waals surface area contributed by atoms with Crippen molar-refractivity contribution < 1.29 is 0 Å². The second-order valence-electron chi connectivity index (χ2n) is 7.60. The second-order valence-corrected chi connectivity index (χ2v) is 7.60. The van der Waals surface area contributed by atoms with Crippen molar-refractivity contribution in [1.29, 1.82) is 0 Å². The maximum Gasteiger partial charge on any atom is 0.0220 e. The maximum absolute atomic E-state index is 3.66. The highest BCUT2D eigenvalue weighted by atomic mass is 15.2. The Morgan fingerprint density at radius 3 is 2.20 bits per heavy atom. The van der Waals surface area contributed by atoms with E-state index in [4.69, 9.17) is 0 Å². The average molecular weight is 280 g/mol. The Hall–Kier alpha value is -0.0800. The topological polar surface area (TPSA) is 15.3 Å². The Balaban J connectivity index is 1.82. The Morgan fingerprint density at radius 1 is 1.00 bits per heavy atom. The van der Waals surface area contributed by atoms with Gasteiger partial charge in [-0.25, -0.2) is 0 Å². The van der Waals surface area contributed by atoms with Gasteiger partial charge >= 0.3 is 0 Å². The fraction of sp³-hybridized carbons (Fsp3) is 1.00. The van der Waals surface area contributed by atoms with Gasteiger partial charge in [-0.1, -0.05) is 46.5 Å². The highest BCUT2D eigenvalue weighted by Gasteiger charge is 2.36. The van der Waals surface area contributed by atoms with Crippen LogP contribution in [0.15, 0.2) is 0 Å². The molecule has 0 aromatic carbocycles. The molecule has 2 fully saturated rings. The van der Waals surface area contributed by atoms with Gasteiger partial charge in [-0.15, -0.1) is 0 Å². The molecule has 1 spiro atoms. The normalized spacial score (nSPS) is 25.2. The maximum atomic E-state index is 3.66. The molecule has 2 nitrogen and oxygen atoms in total. The number of nitrogens with one attached hydrogen (secondary N) is 1. The molecule has 2 heteroatoms. The molecule has 118 valence electrons. The van der Waals surface area contributed by atoms with E-state index in [0.717, 1.165) is 11.5 Å². The van der Waals surface area contributed by atoms with Gasteiger partial charge in [0.2, 0.25) is 0 Å². The minimum Gasteiger partial charge on any atom is -0.313 e. The fourth-order valence-electron chi connectivity index (χ4n) is 4.28. The number of rotatable bonds is 6. The lowest BCUT2D eigenvalue weighted by molar-refractivity contribution is 0.0420. The van der Waals surface area contributed by atoms with Crippen LogP contribution in [0, 0.1) is 5.41 Å². The molecule has 1 aliphatic carbocycles. The minimum atomic E-state index is 0.615. The molecule has 1 saturated heterocycles. The molecule has 1 saturated carbocycles. The third-order valence-electron chi connectivity index (χ3n) is 5.67. The van der Waals surface area contributed by atoms with Gasteiger partial charge in [0, 0.05) is 18.6 Å². The minimum absolute atomic E-state index is 0.615. The Morgan fingerprint density at radius 2 is 1.65 bits per heavy atom. The zero-order valence-electron chi connectivity index (χ0n) is 14.1. The van der Waals surface area contributed by atoms with Gasteiger partial charge < -0.3 is 5.32 Å². The fourth-order valence-corrected chi connectivity index (χ4v) is 4.28. The molecule has 1 heterocycles. The molecule has 20 heavy (non-hydrogen) atoms. The van der Waals surface area contributed by atoms with E-state index in [1.54, 1.807) is 0 Å². The summed E-state index contributed by atoms with van der Waals surface area (Å²) in [6.07, 6.45) is 13.1. The van der Waals surface area contributed by atoms with Crippen LogP contribution in [0.25, 0.3) is 0 Å². The van der Waals surface area contributed by atoms with Crippen LogP contribution in [-0.2, 0) is 0 Å². The Labute approximate surface area is 126 Å². The second kappa shape index (κ2) is 7.79. The van der Waals surface area contributed by atoms with Crippen LogP contribution in [0.4, 0.5) is 0 Å². The average Bonchev–Trinajstić information content (AvgIpc) is 2.45. The molecule has 2 rings (SSSR count). The molecule has 1 atom stereocenters. The Kier molecular flexibility index (Phi) is 6.35. The van der Waals surface area contributed by atoms with Gasteiger partial charge in [-0.3, -0.25) is 4.90 Å². The van der Waals surface area contributed by atoms with Crippen molar-refractivity contribution in [3.05, 3.63) is 0 Å². The van der Waals surface area contributed by atoms with Gasteiger partial charge in [0.05, 0.1) is 0 Å². The quantitative estimate of drug-likeness (QED) is 0.784. The first-order valence-corrected chi connectivity index (χ1v) is 9.13. The third kappa shape index (κ3) is 4.46. The number of hydrogen-bond donors (Lipinski definition) is 1. The summed E-state index contributed by atoms with van der Waals surface area (Å²) in [5.41, 5.74) is 0.747. The standard InChI is InChI=1S/C18H36N2/c1-4-8-17(15-19-16(2)3)20-13-11-18(12-14-20)9-6-5-7-10-18/h16-17,19H,4-15H2,1-3H3. The van der Waals surface area contributed by atoms with Crippen LogP contribution in [0.2, 0.25) is 0 Å². The van der Waals surface area contributed by atoms with Crippen molar-refractivity contribution in [3.63, 3.8) is 0 Å².